The lowest BCUT2D eigenvalue weighted by molar-refractivity contribution is -0.0167. The molecule has 0 spiro atoms. The molecule has 0 aromatic heterocycles. The lowest BCUT2D eigenvalue weighted by Crippen LogP contribution is -2.47. The van der Waals surface area contributed by atoms with Crippen molar-refractivity contribution in [3.05, 3.63) is 0 Å². The Labute approximate surface area is 78.4 Å². The molecule has 1 saturated heterocycles. The number of ether oxygens (including phenoxy) is 1. The van der Waals surface area contributed by atoms with Crippen LogP contribution in [0.15, 0.2) is 0 Å². The zero-order valence-electron chi connectivity index (χ0n) is 8.17. The van der Waals surface area contributed by atoms with E-state index in [-0.39, 0.29) is 12.1 Å². The fourth-order valence-corrected chi connectivity index (χ4v) is 1.29. The number of nitrogens with zero attached hydrogens (tertiary/aromatic N) is 1. The molecule has 0 bridgehead atoms. The van der Waals surface area contributed by atoms with Gasteiger partial charge < -0.3 is 20.3 Å². The second-order valence-corrected chi connectivity index (χ2v) is 3.22. The number of urea groups is 1. The molecule has 0 saturated carbocycles. The Kier molecular flexibility index (Phi) is 3.98. The van der Waals surface area contributed by atoms with Crippen LogP contribution in [0.5, 0.6) is 0 Å². The van der Waals surface area contributed by atoms with Gasteiger partial charge in [-0.1, -0.05) is 0 Å². The molecule has 1 rings (SSSR count). The van der Waals surface area contributed by atoms with Crippen LogP contribution in [-0.4, -0.2) is 57.4 Å². The van der Waals surface area contributed by atoms with Crippen molar-refractivity contribution in [1.29, 1.82) is 0 Å². The molecule has 0 aliphatic carbocycles. The highest BCUT2D eigenvalue weighted by molar-refractivity contribution is 5.73. The molecule has 5 heteroatoms. The summed E-state index contributed by atoms with van der Waals surface area (Å²) in [6, 6.07) is -0.156. The Morgan fingerprint density at radius 1 is 1.69 bits per heavy atom. The minimum atomic E-state index is -0.156. The molecule has 5 nitrogen and oxygen atoms in total. The maximum Gasteiger partial charge on any atom is 0.314 e. The maximum absolute atomic E-state index is 10.8. The summed E-state index contributed by atoms with van der Waals surface area (Å²) in [5.41, 5.74) is 0. The molecule has 0 aromatic carbocycles. The van der Waals surface area contributed by atoms with Crippen molar-refractivity contribution in [3.8, 4) is 0 Å². The average molecular weight is 187 g/mol. The number of hydrogen-bond donors (Lipinski definition) is 2. The molecular formula is C8H17N3O2. The zero-order valence-corrected chi connectivity index (χ0v) is 8.17. The number of amides is 2. The summed E-state index contributed by atoms with van der Waals surface area (Å²) in [6.07, 6.45) is 0.121. The molecule has 13 heavy (non-hydrogen) atoms. The Hall–Kier alpha value is -0.810. The van der Waals surface area contributed by atoms with E-state index in [1.165, 1.54) is 0 Å². The number of likely N-dealkylation sites (N-methyl/N-ethyl adjacent to an activating group) is 1. The van der Waals surface area contributed by atoms with Crippen LogP contribution in [0.1, 0.15) is 0 Å². The molecular weight excluding hydrogens is 170 g/mol. The zero-order chi connectivity index (χ0) is 9.68. The molecule has 1 atom stereocenters. The minimum Gasteiger partial charge on any atom is -0.374 e. The Bertz CT molecular complexity index is 175. The summed E-state index contributed by atoms with van der Waals surface area (Å²) in [4.78, 5) is 13.0. The van der Waals surface area contributed by atoms with E-state index in [1.807, 2.05) is 0 Å². The van der Waals surface area contributed by atoms with Gasteiger partial charge in [-0.05, 0) is 7.05 Å². The maximum atomic E-state index is 10.8. The largest absolute Gasteiger partial charge is 0.374 e. The van der Waals surface area contributed by atoms with E-state index in [9.17, 15) is 4.79 Å². The van der Waals surface area contributed by atoms with Crippen molar-refractivity contribution in [2.24, 2.45) is 0 Å². The Morgan fingerprint density at radius 2 is 2.46 bits per heavy atom. The second-order valence-electron chi connectivity index (χ2n) is 3.22. The van der Waals surface area contributed by atoms with E-state index in [4.69, 9.17) is 4.74 Å². The Morgan fingerprint density at radius 3 is 3.08 bits per heavy atom. The van der Waals surface area contributed by atoms with Gasteiger partial charge in [-0.25, -0.2) is 4.79 Å². The van der Waals surface area contributed by atoms with Crippen molar-refractivity contribution in [2.75, 3.05) is 40.3 Å². The molecule has 2 N–H and O–H groups in total. The number of nitrogens with one attached hydrogen (secondary N) is 2. The van der Waals surface area contributed by atoms with Crippen LogP contribution in [0, 0.1) is 0 Å². The fourth-order valence-electron chi connectivity index (χ4n) is 1.29. The van der Waals surface area contributed by atoms with Gasteiger partial charge in [0.25, 0.3) is 0 Å². The van der Waals surface area contributed by atoms with Crippen LogP contribution in [-0.2, 0) is 4.74 Å². The van der Waals surface area contributed by atoms with Crippen LogP contribution in [0.2, 0.25) is 0 Å². The third-order valence-corrected chi connectivity index (χ3v) is 2.06. The van der Waals surface area contributed by atoms with E-state index in [2.05, 4.69) is 22.6 Å². The lowest BCUT2D eigenvalue weighted by atomic mass is 10.3. The van der Waals surface area contributed by atoms with Gasteiger partial charge in [-0.15, -0.1) is 0 Å². The number of hydrogen-bond acceptors (Lipinski definition) is 3. The van der Waals surface area contributed by atoms with Gasteiger partial charge in [0.05, 0.1) is 12.7 Å². The molecule has 1 heterocycles. The molecule has 1 aliphatic heterocycles. The van der Waals surface area contributed by atoms with Crippen molar-refractivity contribution < 1.29 is 9.53 Å². The summed E-state index contributed by atoms with van der Waals surface area (Å²) >= 11 is 0. The first-order chi connectivity index (χ1) is 6.22. The van der Waals surface area contributed by atoms with Gasteiger partial charge in [-0.2, -0.15) is 0 Å². The quantitative estimate of drug-likeness (QED) is 0.598. The average Bonchev–Trinajstić information content (AvgIpc) is 2.14. The first-order valence-electron chi connectivity index (χ1n) is 4.48. The summed E-state index contributed by atoms with van der Waals surface area (Å²) < 4.78 is 5.46. The summed E-state index contributed by atoms with van der Waals surface area (Å²) in [7, 11) is 3.65. The van der Waals surface area contributed by atoms with E-state index < -0.39 is 0 Å². The highest BCUT2D eigenvalue weighted by Gasteiger charge is 2.17. The molecule has 76 valence electrons. The first kappa shape index (κ1) is 10.3. The van der Waals surface area contributed by atoms with Crippen LogP contribution in [0.25, 0.3) is 0 Å². The molecule has 1 aliphatic rings. The predicted octanol–water partition coefficient (Wildman–Crippen LogP) is -0.754. The number of carbonyl (C=O) groups excluding carboxylic acids is 1. The molecule has 0 aromatic rings. The first-order valence-corrected chi connectivity index (χ1v) is 4.48. The van der Waals surface area contributed by atoms with Gasteiger partial charge in [0.1, 0.15) is 0 Å². The third kappa shape index (κ3) is 3.61. The highest BCUT2D eigenvalue weighted by Crippen LogP contribution is 2.00. The smallest absolute Gasteiger partial charge is 0.314 e. The van der Waals surface area contributed by atoms with Gasteiger partial charge >= 0.3 is 6.03 Å². The molecule has 2 amide bonds. The molecule has 0 radical (unpaired) electrons. The number of rotatable bonds is 2. The standard InChI is InChI=1S/C8H17N3O2/c1-9-8(12)10-5-7-6-11(2)3-4-13-7/h7H,3-6H2,1-2H3,(H2,9,10,12). The van der Waals surface area contributed by atoms with Crippen LogP contribution in [0.3, 0.4) is 0 Å². The molecule has 1 fully saturated rings. The van der Waals surface area contributed by atoms with Crippen molar-refractivity contribution in [1.82, 2.24) is 15.5 Å². The van der Waals surface area contributed by atoms with Gasteiger partial charge in [0, 0.05) is 26.7 Å². The van der Waals surface area contributed by atoms with Crippen LogP contribution < -0.4 is 10.6 Å². The lowest BCUT2D eigenvalue weighted by Gasteiger charge is -2.29. The summed E-state index contributed by atoms with van der Waals surface area (Å²) in [5, 5.41) is 5.22. The Balaban J connectivity index is 2.17. The van der Waals surface area contributed by atoms with Crippen molar-refractivity contribution in [2.45, 2.75) is 6.10 Å². The van der Waals surface area contributed by atoms with E-state index in [1.54, 1.807) is 7.05 Å². The van der Waals surface area contributed by atoms with Gasteiger partial charge in [0.15, 0.2) is 0 Å². The van der Waals surface area contributed by atoms with E-state index >= 15 is 0 Å². The fraction of sp³-hybridized carbons (Fsp3) is 0.875. The van der Waals surface area contributed by atoms with Crippen molar-refractivity contribution in [3.63, 3.8) is 0 Å². The van der Waals surface area contributed by atoms with Crippen LogP contribution in [0.4, 0.5) is 4.79 Å². The second kappa shape index (κ2) is 5.04. The highest BCUT2D eigenvalue weighted by atomic mass is 16.5. The summed E-state index contributed by atoms with van der Waals surface area (Å²) in [6.45, 7) is 3.17. The minimum absolute atomic E-state index is 0.121. The summed E-state index contributed by atoms with van der Waals surface area (Å²) in [5.74, 6) is 0. The van der Waals surface area contributed by atoms with E-state index in [0.29, 0.717) is 6.54 Å². The normalized spacial score (nSPS) is 24.0. The van der Waals surface area contributed by atoms with Gasteiger partial charge in [-0.3, -0.25) is 0 Å². The number of morpholine rings is 1. The van der Waals surface area contributed by atoms with Crippen molar-refractivity contribution >= 4 is 6.03 Å². The SMILES string of the molecule is CNC(=O)NCC1CN(C)CCO1. The monoisotopic (exact) mass is 187 g/mol. The topological polar surface area (TPSA) is 53.6 Å². The predicted molar refractivity (Wildman–Crippen MR) is 49.7 cm³/mol. The van der Waals surface area contributed by atoms with Gasteiger partial charge in [0.2, 0.25) is 0 Å². The van der Waals surface area contributed by atoms with Crippen LogP contribution >= 0.6 is 0 Å². The number of carbonyl (C=O) groups is 1. The molecule has 1 unspecified atom stereocenters. The van der Waals surface area contributed by atoms with E-state index in [0.717, 1.165) is 19.7 Å². The third-order valence-electron chi connectivity index (χ3n) is 2.06.